The van der Waals surface area contributed by atoms with Crippen LogP contribution >= 0.6 is 0 Å². The molecule has 1 saturated heterocycles. The normalized spacial score (nSPS) is 14.4. The highest BCUT2D eigenvalue weighted by Crippen LogP contribution is 2.16. The predicted octanol–water partition coefficient (Wildman–Crippen LogP) is 2.18. The van der Waals surface area contributed by atoms with Gasteiger partial charge in [0.2, 0.25) is 0 Å². The van der Waals surface area contributed by atoms with Crippen LogP contribution in [0.2, 0.25) is 0 Å². The number of aryl methyl sites for hydroxylation is 2. The number of hydrogen-bond acceptors (Lipinski definition) is 2. The van der Waals surface area contributed by atoms with E-state index in [2.05, 4.69) is 35.6 Å². The Balaban J connectivity index is 1.42. The van der Waals surface area contributed by atoms with E-state index in [4.69, 9.17) is 4.74 Å². The summed E-state index contributed by atoms with van der Waals surface area (Å²) in [5.41, 5.74) is 4.76. The molecule has 1 heterocycles. The van der Waals surface area contributed by atoms with Crippen LogP contribution in [0.15, 0.2) is 42.5 Å². The topological polar surface area (TPSA) is 42.8 Å². The molecule has 1 aliphatic heterocycles. The van der Waals surface area contributed by atoms with Crippen molar-refractivity contribution < 1.29 is 14.4 Å². The molecule has 0 spiro atoms. The molecule has 4 nitrogen and oxygen atoms in total. The number of ether oxygens (including phenoxy) is 1. The zero-order valence-corrected chi connectivity index (χ0v) is 15.8. The van der Waals surface area contributed by atoms with E-state index < -0.39 is 0 Å². The molecule has 0 saturated carbocycles. The standard InChI is InChI=1S/C22H28N2O2/c1-17-11-18(2)13-21(12-17)26-16-22(25)23-14-19-5-7-20(8-6-19)15-24-9-3-4-10-24/h5-8,11-13H,3-4,9-10,14-16H2,1-2H3,(H,23,25)/p+1. The van der Waals surface area contributed by atoms with Crippen LogP contribution in [-0.2, 0) is 17.9 Å². The van der Waals surface area contributed by atoms with Crippen molar-refractivity contribution in [3.63, 3.8) is 0 Å². The molecule has 0 bridgehead atoms. The molecular formula is C22H29N2O2+. The molecule has 26 heavy (non-hydrogen) atoms. The minimum Gasteiger partial charge on any atom is -0.484 e. The Hall–Kier alpha value is -2.33. The molecule has 0 aromatic heterocycles. The van der Waals surface area contributed by atoms with E-state index in [1.807, 2.05) is 26.0 Å². The first kappa shape index (κ1) is 18.5. The molecule has 3 rings (SSSR count). The molecule has 2 N–H and O–H groups in total. The fraction of sp³-hybridized carbons (Fsp3) is 0.409. The average molecular weight is 353 g/mol. The average Bonchev–Trinajstić information content (AvgIpc) is 3.11. The number of amides is 1. The molecule has 0 radical (unpaired) electrons. The van der Waals surface area contributed by atoms with Crippen LogP contribution in [0.1, 0.15) is 35.1 Å². The molecular weight excluding hydrogens is 324 g/mol. The zero-order chi connectivity index (χ0) is 18.4. The second-order valence-electron chi connectivity index (χ2n) is 7.34. The predicted molar refractivity (Wildman–Crippen MR) is 103 cm³/mol. The molecule has 2 aromatic carbocycles. The highest BCUT2D eigenvalue weighted by atomic mass is 16.5. The second kappa shape index (κ2) is 8.86. The van der Waals surface area contributed by atoms with Gasteiger partial charge in [0.25, 0.3) is 5.91 Å². The van der Waals surface area contributed by atoms with Gasteiger partial charge >= 0.3 is 0 Å². The maximum atomic E-state index is 12.0. The van der Waals surface area contributed by atoms with Gasteiger partial charge in [0, 0.05) is 24.9 Å². The third kappa shape index (κ3) is 5.60. The Morgan fingerprint density at radius 3 is 2.27 bits per heavy atom. The van der Waals surface area contributed by atoms with Crippen molar-refractivity contribution in [3.8, 4) is 5.75 Å². The maximum absolute atomic E-state index is 12.0. The number of nitrogens with one attached hydrogen (secondary N) is 2. The summed E-state index contributed by atoms with van der Waals surface area (Å²) in [5, 5.41) is 2.92. The summed E-state index contributed by atoms with van der Waals surface area (Å²) in [7, 11) is 0. The van der Waals surface area contributed by atoms with Gasteiger partial charge < -0.3 is 15.0 Å². The lowest BCUT2D eigenvalue weighted by molar-refractivity contribution is -0.901. The summed E-state index contributed by atoms with van der Waals surface area (Å²) in [4.78, 5) is 13.7. The van der Waals surface area contributed by atoms with Crippen molar-refractivity contribution in [1.82, 2.24) is 5.32 Å². The third-order valence-electron chi connectivity index (χ3n) is 4.84. The van der Waals surface area contributed by atoms with Gasteiger partial charge in [0.15, 0.2) is 6.61 Å². The van der Waals surface area contributed by atoms with Gasteiger partial charge in [-0.05, 0) is 42.7 Å². The monoisotopic (exact) mass is 353 g/mol. The number of likely N-dealkylation sites (tertiary alicyclic amines) is 1. The van der Waals surface area contributed by atoms with Crippen molar-refractivity contribution in [1.29, 1.82) is 0 Å². The molecule has 2 aromatic rings. The molecule has 0 atom stereocenters. The number of quaternary nitrogens is 1. The molecule has 138 valence electrons. The van der Waals surface area contributed by atoms with Crippen LogP contribution in [0, 0.1) is 13.8 Å². The lowest BCUT2D eigenvalue weighted by Gasteiger charge is -2.12. The quantitative estimate of drug-likeness (QED) is 0.801. The van der Waals surface area contributed by atoms with Crippen molar-refractivity contribution in [3.05, 3.63) is 64.7 Å². The summed E-state index contributed by atoms with van der Waals surface area (Å²) < 4.78 is 5.60. The molecule has 1 aliphatic rings. The van der Waals surface area contributed by atoms with Crippen molar-refractivity contribution in [2.24, 2.45) is 0 Å². The van der Waals surface area contributed by atoms with Crippen molar-refractivity contribution >= 4 is 5.91 Å². The number of rotatable bonds is 7. The van der Waals surface area contributed by atoms with E-state index in [1.165, 1.54) is 31.5 Å². The van der Waals surface area contributed by atoms with E-state index in [0.717, 1.165) is 29.0 Å². The van der Waals surface area contributed by atoms with Gasteiger partial charge in [0.05, 0.1) is 13.1 Å². The van der Waals surface area contributed by atoms with Gasteiger partial charge in [-0.2, -0.15) is 0 Å². The van der Waals surface area contributed by atoms with Crippen LogP contribution in [-0.4, -0.2) is 25.6 Å². The van der Waals surface area contributed by atoms with E-state index >= 15 is 0 Å². The smallest absolute Gasteiger partial charge is 0.258 e. The van der Waals surface area contributed by atoms with E-state index in [0.29, 0.717) is 6.54 Å². The first-order valence-corrected chi connectivity index (χ1v) is 9.48. The maximum Gasteiger partial charge on any atom is 0.258 e. The van der Waals surface area contributed by atoms with Gasteiger partial charge in [-0.1, -0.05) is 30.3 Å². The Bertz CT molecular complexity index is 714. The largest absolute Gasteiger partial charge is 0.484 e. The zero-order valence-electron chi connectivity index (χ0n) is 15.8. The summed E-state index contributed by atoms with van der Waals surface area (Å²) >= 11 is 0. The minimum absolute atomic E-state index is 0.0410. The van der Waals surface area contributed by atoms with Gasteiger partial charge in [-0.15, -0.1) is 0 Å². The van der Waals surface area contributed by atoms with Crippen LogP contribution in [0.4, 0.5) is 0 Å². The fourth-order valence-corrected chi connectivity index (χ4v) is 3.53. The van der Waals surface area contributed by atoms with Crippen LogP contribution in [0.3, 0.4) is 0 Å². The summed E-state index contributed by atoms with van der Waals surface area (Å²) in [6.07, 6.45) is 2.70. The summed E-state index contributed by atoms with van der Waals surface area (Å²) in [5.74, 6) is 0.640. The third-order valence-corrected chi connectivity index (χ3v) is 4.84. The summed E-state index contributed by atoms with van der Waals surface area (Å²) in [6.45, 7) is 8.31. The molecule has 0 unspecified atom stereocenters. The fourth-order valence-electron chi connectivity index (χ4n) is 3.53. The number of benzene rings is 2. The molecule has 4 heteroatoms. The number of hydrogen-bond donors (Lipinski definition) is 2. The first-order valence-electron chi connectivity index (χ1n) is 9.48. The van der Waals surface area contributed by atoms with E-state index in [9.17, 15) is 4.79 Å². The van der Waals surface area contributed by atoms with Crippen LogP contribution in [0.5, 0.6) is 5.75 Å². The lowest BCUT2D eigenvalue weighted by atomic mass is 10.1. The van der Waals surface area contributed by atoms with Gasteiger partial charge in [0.1, 0.15) is 12.3 Å². The van der Waals surface area contributed by atoms with E-state index in [-0.39, 0.29) is 12.5 Å². The van der Waals surface area contributed by atoms with Crippen LogP contribution < -0.4 is 15.0 Å². The second-order valence-corrected chi connectivity index (χ2v) is 7.34. The molecule has 1 amide bonds. The number of carbonyl (C=O) groups excluding carboxylic acids is 1. The number of carbonyl (C=O) groups is 1. The highest BCUT2D eigenvalue weighted by Gasteiger charge is 2.15. The van der Waals surface area contributed by atoms with Crippen molar-refractivity contribution in [2.45, 2.75) is 39.8 Å². The highest BCUT2D eigenvalue weighted by molar-refractivity contribution is 5.77. The van der Waals surface area contributed by atoms with Crippen LogP contribution in [0.25, 0.3) is 0 Å². The summed E-state index contributed by atoms with van der Waals surface area (Å²) in [6, 6.07) is 14.5. The Kier molecular flexibility index (Phi) is 6.29. The van der Waals surface area contributed by atoms with E-state index in [1.54, 1.807) is 4.90 Å². The SMILES string of the molecule is Cc1cc(C)cc(OCC(=O)NCc2ccc(C[NH+]3CCCC3)cc2)c1. The molecule has 0 aliphatic carbocycles. The van der Waals surface area contributed by atoms with Gasteiger partial charge in [-0.3, -0.25) is 4.79 Å². The Morgan fingerprint density at radius 2 is 1.62 bits per heavy atom. The Morgan fingerprint density at radius 1 is 1.00 bits per heavy atom. The van der Waals surface area contributed by atoms with Gasteiger partial charge in [-0.25, -0.2) is 0 Å². The Labute approximate surface area is 156 Å². The van der Waals surface area contributed by atoms with Crippen molar-refractivity contribution in [2.75, 3.05) is 19.7 Å². The minimum atomic E-state index is -0.102. The first-order chi connectivity index (χ1) is 12.6. The molecule has 1 fully saturated rings. The lowest BCUT2D eigenvalue weighted by Crippen LogP contribution is -3.08.